The summed E-state index contributed by atoms with van der Waals surface area (Å²) in [5, 5.41) is 5.65. The van der Waals surface area contributed by atoms with Crippen LogP contribution in [0.1, 0.15) is 35.3 Å². The minimum absolute atomic E-state index is 0.0515. The second kappa shape index (κ2) is 4.53. The number of nitrogens with one attached hydrogen (secondary N) is 2. The molecule has 4 unspecified atom stereocenters. The lowest BCUT2D eigenvalue weighted by Gasteiger charge is -2.37. The number of aromatic nitrogens is 1. The van der Waals surface area contributed by atoms with Gasteiger partial charge in [-0.25, -0.2) is 4.98 Å². The Morgan fingerprint density at radius 1 is 1.38 bits per heavy atom. The van der Waals surface area contributed by atoms with Gasteiger partial charge in [-0.2, -0.15) is 0 Å². The van der Waals surface area contributed by atoms with E-state index in [0.717, 1.165) is 24.8 Å². The van der Waals surface area contributed by atoms with Crippen LogP contribution in [0.4, 0.5) is 5.69 Å². The van der Waals surface area contributed by atoms with Crippen molar-refractivity contribution in [1.82, 2.24) is 10.3 Å². The molecule has 0 radical (unpaired) electrons. The molecule has 0 saturated heterocycles. The van der Waals surface area contributed by atoms with Gasteiger partial charge >= 0.3 is 0 Å². The highest BCUT2D eigenvalue weighted by Gasteiger charge is 2.47. The zero-order valence-electron chi connectivity index (χ0n) is 11.6. The summed E-state index contributed by atoms with van der Waals surface area (Å²) in [6.45, 7) is 0.479. The number of anilines is 1. The van der Waals surface area contributed by atoms with Crippen molar-refractivity contribution >= 4 is 17.5 Å². The quantitative estimate of drug-likeness (QED) is 0.743. The fourth-order valence-electron chi connectivity index (χ4n) is 3.92. The number of carbonyl (C=O) groups excluding carboxylic acids is 2. The van der Waals surface area contributed by atoms with Gasteiger partial charge in [0.1, 0.15) is 5.69 Å². The molecule has 3 aliphatic rings. The summed E-state index contributed by atoms with van der Waals surface area (Å²) in [6.07, 6.45) is 4.46. The van der Waals surface area contributed by atoms with Gasteiger partial charge in [-0.15, -0.1) is 0 Å². The highest BCUT2D eigenvalue weighted by Crippen LogP contribution is 2.49. The highest BCUT2D eigenvalue weighted by atomic mass is 16.2. The number of amides is 2. The van der Waals surface area contributed by atoms with Crippen LogP contribution in [0, 0.1) is 17.8 Å². The molecule has 2 fully saturated rings. The van der Waals surface area contributed by atoms with Gasteiger partial charge in [0.15, 0.2) is 0 Å². The molecule has 4 atom stereocenters. The van der Waals surface area contributed by atoms with Crippen LogP contribution in [-0.4, -0.2) is 22.8 Å². The second-order valence-corrected chi connectivity index (χ2v) is 6.40. The number of pyridine rings is 1. The van der Waals surface area contributed by atoms with Crippen LogP contribution in [0.15, 0.2) is 12.3 Å². The largest absolute Gasteiger partial charge is 0.347 e. The fraction of sp³-hybridized carbons (Fsp3) is 0.533. The predicted octanol–water partition coefficient (Wildman–Crippen LogP) is 0.637. The van der Waals surface area contributed by atoms with Gasteiger partial charge in [-0.05, 0) is 37.2 Å². The Balaban J connectivity index is 1.44. The van der Waals surface area contributed by atoms with E-state index in [-0.39, 0.29) is 23.8 Å². The third kappa shape index (κ3) is 2.01. The first-order chi connectivity index (χ1) is 10.1. The third-order valence-corrected chi connectivity index (χ3v) is 5.13. The molecular formula is C15H18N4O2. The van der Waals surface area contributed by atoms with Crippen molar-refractivity contribution < 1.29 is 9.59 Å². The Morgan fingerprint density at radius 3 is 3.00 bits per heavy atom. The van der Waals surface area contributed by atoms with Crippen LogP contribution in [0.2, 0.25) is 0 Å². The molecule has 21 heavy (non-hydrogen) atoms. The SMILES string of the molecule is NC1CC2CC(C(=O)Nc3cnc4c(c3)CNC4=O)CC12. The van der Waals surface area contributed by atoms with E-state index in [4.69, 9.17) is 5.73 Å². The molecule has 0 bridgehead atoms. The Bertz CT molecular complexity index is 630. The van der Waals surface area contributed by atoms with Crippen LogP contribution in [0.25, 0.3) is 0 Å². The Kier molecular flexibility index (Phi) is 2.75. The molecule has 0 aromatic carbocycles. The zero-order chi connectivity index (χ0) is 14.6. The summed E-state index contributed by atoms with van der Waals surface area (Å²) in [5.74, 6) is 1.12. The topological polar surface area (TPSA) is 97.1 Å². The first kappa shape index (κ1) is 12.8. The second-order valence-electron chi connectivity index (χ2n) is 6.40. The van der Waals surface area contributed by atoms with Gasteiger partial charge in [0.2, 0.25) is 5.91 Å². The van der Waals surface area contributed by atoms with Gasteiger partial charge in [-0.1, -0.05) is 0 Å². The van der Waals surface area contributed by atoms with Crippen molar-refractivity contribution in [3.63, 3.8) is 0 Å². The monoisotopic (exact) mass is 286 g/mol. The van der Waals surface area contributed by atoms with E-state index in [1.807, 2.05) is 6.07 Å². The normalized spacial score (nSPS) is 32.9. The summed E-state index contributed by atoms with van der Waals surface area (Å²) in [4.78, 5) is 27.9. The Labute approximate surface area is 122 Å². The maximum absolute atomic E-state index is 12.3. The number of nitrogens with zero attached hydrogens (tertiary/aromatic N) is 1. The number of hydrogen-bond acceptors (Lipinski definition) is 4. The number of nitrogens with two attached hydrogens (primary N) is 1. The summed E-state index contributed by atoms with van der Waals surface area (Å²) in [6, 6.07) is 2.11. The predicted molar refractivity (Wildman–Crippen MR) is 76.3 cm³/mol. The standard InChI is InChI=1S/C15H18N4O2/c16-12-4-7-1-8(3-11(7)12)14(20)19-10-2-9-5-18-15(21)13(9)17-6-10/h2,6-8,11-12H,1,3-5,16H2,(H,18,21)(H,19,20). The molecule has 6 heteroatoms. The minimum Gasteiger partial charge on any atom is -0.347 e. The molecule has 6 nitrogen and oxygen atoms in total. The average Bonchev–Trinajstić information content (AvgIpc) is 2.99. The Hall–Kier alpha value is -1.95. The number of rotatable bonds is 2. The fourth-order valence-corrected chi connectivity index (χ4v) is 3.92. The lowest BCUT2D eigenvalue weighted by Crippen LogP contribution is -2.44. The molecule has 1 aliphatic heterocycles. The summed E-state index contributed by atoms with van der Waals surface area (Å²) in [7, 11) is 0. The van der Waals surface area contributed by atoms with Crippen molar-refractivity contribution in [1.29, 1.82) is 0 Å². The van der Waals surface area contributed by atoms with Crippen LogP contribution in [-0.2, 0) is 11.3 Å². The van der Waals surface area contributed by atoms with Crippen molar-refractivity contribution in [3.05, 3.63) is 23.5 Å². The van der Waals surface area contributed by atoms with E-state index in [9.17, 15) is 9.59 Å². The average molecular weight is 286 g/mol. The first-order valence-electron chi connectivity index (χ1n) is 7.45. The molecular weight excluding hydrogens is 268 g/mol. The molecule has 4 N–H and O–H groups in total. The number of carbonyl (C=O) groups is 2. The molecule has 1 aromatic rings. The molecule has 1 aromatic heterocycles. The van der Waals surface area contributed by atoms with Crippen molar-refractivity contribution in [2.75, 3.05) is 5.32 Å². The van der Waals surface area contributed by atoms with Gasteiger partial charge in [0, 0.05) is 24.1 Å². The van der Waals surface area contributed by atoms with E-state index in [1.165, 1.54) is 0 Å². The van der Waals surface area contributed by atoms with Crippen LogP contribution in [0.3, 0.4) is 0 Å². The molecule has 2 amide bonds. The number of fused-ring (bicyclic) bond motifs is 2. The van der Waals surface area contributed by atoms with Gasteiger partial charge in [0.25, 0.3) is 5.91 Å². The summed E-state index contributed by atoms with van der Waals surface area (Å²) in [5.41, 5.74) is 7.93. The first-order valence-corrected chi connectivity index (χ1v) is 7.45. The van der Waals surface area contributed by atoms with E-state index in [2.05, 4.69) is 15.6 Å². The maximum atomic E-state index is 12.3. The highest BCUT2D eigenvalue weighted by molar-refractivity contribution is 5.97. The smallest absolute Gasteiger partial charge is 0.270 e. The molecule has 2 saturated carbocycles. The maximum Gasteiger partial charge on any atom is 0.270 e. The lowest BCUT2D eigenvalue weighted by atomic mass is 9.72. The van der Waals surface area contributed by atoms with E-state index < -0.39 is 0 Å². The summed E-state index contributed by atoms with van der Waals surface area (Å²) < 4.78 is 0. The molecule has 2 heterocycles. The van der Waals surface area contributed by atoms with Crippen molar-refractivity contribution in [2.24, 2.45) is 23.5 Å². The third-order valence-electron chi connectivity index (χ3n) is 5.13. The lowest BCUT2D eigenvalue weighted by molar-refractivity contribution is -0.119. The minimum atomic E-state index is -0.149. The van der Waals surface area contributed by atoms with Gasteiger partial charge in [-0.3, -0.25) is 9.59 Å². The molecule has 110 valence electrons. The molecule has 0 spiro atoms. The van der Waals surface area contributed by atoms with Gasteiger partial charge in [0.05, 0.1) is 11.9 Å². The zero-order valence-corrected chi connectivity index (χ0v) is 11.6. The number of hydrogen-bond donors (Lipinski definition) is 3. The molecule has 2 aliphatic carbocycles. The van der Waals surface area contributed by atoms with E-state index in [1.54, 1.807) is 6.20 Å². The summed E-state index contributed by atoms with van der Waals surface area (Å²) >= 11 is 0. The van der Waals surface area contributed by atoms with Crippen molar-refractivity contribution in [3.8, 4) is 0 Å². The van der Waals surface area contributed by atoms with Crippen LogP contribution in [0.5, 0.6) is 0 Å². The van der Waals surface area contributed by atoms with Gasteiger partial charge < -0.3 is 16.4 Å². The Morgan fingerprint density at radius 2 is 2.24 bits per heavy atom. The van der Waals surface area contributed by atoms with Crippen molar-refractivity contribution in [2.45, 2.75) is 31.8 Å². The van der Waals surface area contributed by atoms with Crippen LogP contribution < -0.4 is 16.4 Å². The van der Waals surface area contributed by atoms with E-state index >= 15 is 0 Å². The molecule has 4 rings (SSSR count). The van der Waals surface area contributed by atoms with Crippen LogP contribution >= 0.6 is 0 Å². The van der Waals surface area contributed by atoms with E-state index in [0.29, 0.717) is 29.8 Å².